The molecule has 2 aliphatic rings. The molecule has 2 N–H and O–H groups in total. The third-order valence-corrected chi connectivity index (χ3v) is 4.01. The first-order valence-electron chi connectivity index (χ1n) is 6.38. The number of likely N-dealkylation sites (tertiary alicyclic amines) is 1. The third kappa shape index (κ3) is 2.96. The highest BCUT2D eigenvalue weighted by Gasteiger charge is 2.20. The Kier molecular flexibility index (Phi) is 3.82. The highest BCUT2D eigenvalue weighted by Crippen LogP contribution is 2.17. The molecule has 0 aromatic carbocycles. The number of piperidine rings is 1. The summed E-state index contributed by atoms with van der Waals surface area (Å²) < 4.78 is 0. The summed E-state index contributed by atoms with van der Waals surface area (Å²) in [6.07, 6.45) is 5.77. The number of hydrogen-bond acceptors (Lipinski definition) is 1. The summed E-state index contributed by atoms with van der Waals surface area (Å²) >= 11 is 0. The fraction of sp³-hybridized carbons (Fsp3) is 1.00. The van der Waals surface area contributed by atoms with Gasteiger partial charge in [0.1, 0.15) is 0 Å². The second-order valence-corrected chi connectivity index (χ2v) is 5.28. The molecule has 2 nitrogen and oxygen atoms in total. The Morgan fingerprint density at radius 2 is 2.00 bits per heavy atom. The van der Waals surface area contributed by atoms with Crippen molar-refractivity contribution in [3.05, 3.63) is 0 Å². The minimum absolute atomic E-state index is 0.978. The minimum Gasteiger partial charge on any atom is -0.346 e. The normalized spacial score (nSPS) is 31.1. The van der Waals surface area contributed by atoms with Crippen LogP contribution in [0.5, 0.6) is 0 Å². The molecule has 2 aliphatic heterocycles. The zero-order valence-electron chi connectivity index (χ0n) is 9.54. The summed E-state index contributed by atoms with van der Waals surface area (Å²) in [7, 11) is 0. The molecule has 0 aromatic rings. The van der Waals surface area contributed by atoms with Gasteiger partial charge in [-0.15, -0.1) is 0 Å². The molecule has 0 unspecified atom stereocenters. The van der Waals surface area contributed by atoms with Crippen LogP contribution in [-0.2, 0) is 0 Å². The molecule has 2 heterocycles. The van der Waals surface area contributed by atoms with Crippen LogP contribution in [0.3, 0.4) is 0 Å². The van der Waals surface area contributed by atoms with E-state index in [1.807, 2.05) is 0 Å². The van der Waals surface area contributed by atoms with E-state index in [1.165, 1.54) is 58.4 Å². The Morgan fingerprint density at radius 1 is 1.21 bits per heavy atom. The van der Waals surface area contributed by atoms with Gasteiger partial charge in [0, 0.05) is 12.3 Å². The van der Waals surface area contributed by atoms with Crippen molar-refractivity contribution in [2.75, 3.05) is 32.7 Å². The molecular weight excluding hydrogens is 172 g/mol. The largest absolute Gasteiger partial charge is 0.346 e. The van der Waals surface area contributed by atoms with Gasteiger partial charge in [0.2, 0.25) is 0 Å². The molecule has 2 fully saturated rings. The second-order valence-electron chi connectivity index (χ2n) is 5.28. The lowest BCUT2D eigenvalue weighted by Gasteiger charge is -2.30. The summed E-state index contributed by atoms with van der Waals surface area (Å²) in [5, 5.41) is 2.48. The van der Waals surface area contributed by atoms with Gasteiger partial charge in [-0.25, -0.2) is 0 Å². The van der Waals surface area contributed by atoms with E-state index in [1.54, 1.807) is 0 Å². The van der Waals surface area contributed by atoms with Crippen molar-refractivity contribution in [2.24, 2.45) is 11.8 Å². The maximum atomic E-state index is 2.68. The van der Waals surface area contributed by atoms with Gasteiger partial charge in [0.15, 0.2) is 0 Å². The smallest absolute Gasteiger partial charge is 0.0786 e. The lowest BCUT2D eigenvalue weighted by Crippen LogP contribution is -2.81. The van der Waals surface area contributed by atoms with E-state index in [9.17, 15) is 0 Å². The van der Waals surface area contributed by atoms with Crippen LogP contribution in [0.1, 0.15) is 32.6 Å². The van der Waals surface area contributed by atoms with Gasteiger partial charge >= 0.3 is 0 Å². The van der Waals surface area contributed by atoms with E-state index < -0.39 is 0 Å². The lowest BCUT2D eigenvalue weighted by atomic mass is 9.98. The molecule has 0 aliphatic carbocycles. The van der Waals surface area contributed by atoms with Gasteiger partial charge in [0.25, 0.3) is 0 Å². The number of hydrogen-bond donors (Lipinski definition) is 1. The van der Waals surface area contributed by atoms with Gasteiger partial charge in [-0.2, -0.15) is 0 Å². The summed E-state index contributed by atoms with van der Waals surface area (Å²) in [5.41, 5.74) is 0. The molecule has 2 rings (SSSR count). The van der Waals surface area contributed by atoms with Gasteiger partial charge in [0.05, 0.1) is 13.1 Å². The van der Waals surface area contributed by atoms with Crippen LogP contribution < -0.4 is 5.32 Å². The van der Waals surface area contributed by atoms with Crippen molar-refractivity contribution in [1.29, 1.82) is 0 Å². The standard InChI is InChI=1S/C12H24N2/c1-11-3-7-14(8-4-11)9-5-12-2-6-13-10-12/h11-13H,2-10H2,1H3/p+1/t12-/m0/s1. The van der Waals surface area contributed by atoms with Crippen LogP contribution in [-0.4, -0.2) is 37.6 Å². The molecule has 14 heavy (non-hydrogen) atoms. The number of nitrogens with zero attached hydrogens (tertiary/aromatic N) is 1. The predicted molar refractivity (Wildman–Crippen MR) is 59.2 cm³/mol. The second kappa shape index (κ2) is 5.13. The van der Waals surface area contributed by atoms with Crippen LogP contribution in [0.15, 0.2) is 0 Å². The van der Waals surface area contributed by atoms with Crippen molar-refractivity contribution in [3.8, 4) is 0 Å². The lowest BCUT2D eigenvalue weighted by molar-refractivity contribution is -0.638. The first-order chi connectivity index (χ1) is 6.84. The monoisotopic (exact) mass is 197 g/mol. The van der Waals surface area contributed by atoms with E-state index in [0.29, 0.717) is 0 Å². The summed E-state index contributed by atoms with van der Waals surface area (Å²) in [5.74, 6) is 2.00. The van der Waals surface area contributed by atoms with E-state index in [0.717, 1.165) is 11.8 Å². The quantitative estimate of drug-likeness (QED) is 0.706. The molecule has 2 saturated heterocycles. The minimum atomic E-state index is 0.978. The van der Waals surface area contributed by atoms with Crippen LogP contribution in [0.25, 0.3) is 0 Å². The van der Waals surface area contributed by atoms with Crippen molar-refractivity contribution >= 4 is 0 Å². The Morgan fingerprint density at radius 3 is 2.64 bits per heavy atom. The van der Waals surface area contributed by atoms with Gasteiger partial charge in [-0.05, 0) is 44.8 Å². The van der Waals surface area contributed by atoms with E-state index >= 15 is 0 Å². The Balaban J connectivity index is 1.60. The predicted octanol–water partition coefficient (Wildman–Crippen LogP) is 0.692. The maximum Gasteiger partial charge on any atom is 0.0786 e. The summed E-state index contributed by atoms with van der Waals surface area (Å²) in [6.45, 7) is 9.25. The van der Waals surface area contributed by atoms with Crippen LogP contribution >= 0.6 is 0 Å². The van der Waals surface area contributed by atoms with Crippen LogP contribution in [0.4, 0.5) is 0 Å². The Labute approximate surface area is 88.1 Å². The zero-order valence-corrected chi connectivity index (χ0v) is 9.54. The molecule has 2 heteroatoms. The first-order valence-corrected chi connectivity index (χ1v) is 6.38. The molecule has 0 saturated carbocycles. The van der Waals surface area contributed by atoms with Crippen molar-refractivity contribution < 1.29 is 5.32 Å². The molecule has 0 amide bonds. The molecule has 0 spiro atoms. The Bertz CT molecular complexity index is 156. The third-order valence-electron chi connectivity index (χ3n) is 4.01. The average Bonchev–Trinajstić information content (AvgIpc) is 2.70. The topological polar surface area (TPSA) is 19.9 Å². The number of nitrogens with two attached hydrogens (primary N) is 1. The van der Waals surface area contributed by atoms with Crippen molar-refractivity contribution in [2.45, 2.75) is 32.6 Å². The molecular formula is C12H25N2+. The zero-order chi connectivity index (χ0) is 9.80. The molecule has 1 atom stereocenters. The van der Waals surface area contributed by atoms with E-state index in [-0.39, 0.29) is 0 Å². The van der Waals surface area contributed by atoms with E-state index in [2.05, 4.69) is 17.1 Å². The maximum absolute atomic E-state index is 2.68. The van der Waals surface area contributed by atoms with E-state index in [4.69, 9.17) is 0 Å². The fourth-order valence-corrected chi connectivity index (χ4v) is 2.74. The van der Waals surface area contributed by atoms with Crippen molar-refractivity contribution in [3.63, 3.8) is 0 Å². The number of quaternary nitrogens is 1. The average molecular weight is 197 g/mol. The van der Waals surface area contributed by atoms with Crippen LogP contribution in [0, 0.1) is 11.8 Å². The summed E-state index contributed by atoms with van der Waals surface area (Å²) in [4.78, 5) is 2.68. The number of rotatable bonds is 3. The van der Waals surface area contributed by atoms with Crippen LogP contribution in [0.2, 0.25) is 0 Å². The fourth-order valence-electron chi connectivity index (χ4n) is 2.74. The molecule has 0 aromatic heterocycles. The summed E-state index contributed by atoms with van der Waals surface area (Å²) in [6, 6.07) is 0. The Hall–Kier alpha value is -0.0800. The van der Waals surface area contributed by atoms with Gasteiger partial charge in [-0.1, -0.05) is 6.92 Å². The SMILES string of the molecule is CC1CCN(CC[C@@H]2CC[NH2+]C2)CC1. The molecule has 0 bridgehead atoms. The van der Waals surface area contributed by atoms with Crippen molar-refractivity contribution in [1.82, 2.24) is 4.90 Å². The molecule has 82 valence electrons. The first kappa shape index (κ1) is 10.4. The highest BCUT2D eigenvalue weighted by atomic mass is 15.1. The van der Waals surface area contributed by atoms with Gasteiger partial charge in [-0.3, -0.25) is 0 Å². The molecule has 0 radical (unpaired) electrons. The highest BCUT2D eigenvalue weighted by molar-refractivity contribution is 4.71. The van der Waals surface area contributed by atoms with Gasteiger partial charge < -0.3 is 10.2 Å².